The summed E-state index contributed by atoms with van der Waals surface area (Å²) in [5.41, 5.74) is 0.226. The quantitative estimate of drug-likeness (QED) is 0.628. The number of allylic oxidation sites excluding steroid dienone is 2. The maximum Gasteiger partial charge on any atom is 0.0941 e. The molecular weight excluding hydrogens is 172 g/mol. The lowest BCUT2D eigenvalue weighted by molar-refractivity contribution is -0.0506. The monoisotopic (exact) mass is 192 g/mol. The second kappa shape index (κ2) is 2.77. The van der Waals surface area contributed by atoms with Gasteiger partial charge in [-0.15, -0.1) is 0 Å². The molecule has 0 amide bonds. The van der Waals surface area contributed by atoms with Crippen LogP contribution >= 0.6 is 0 Å². The van der Waals surface area contributed by atoms with Crippen LogP contribution in [0.25, 0.3) is 0 Å². The van der Waals surface area contributed by atoms with E-state index in [9.17, 15) is 5.11 Å². The van der Waals surface area contributed by atoms with Crippen molar-refractivity contribution in [3.63, 3.8) is 0 Å². The van der Waals surface area contributed by atoms with Gasteiger partial charge in [-0.1, -0.05) is 0 Å². The van der Waals surface area contributed by atoms with Gasteiger partial charge in [0.2, 0.25) is 0 Å². The number of hydrogen-bond acceptors (Lipinski definition) is 1. The van der Waals surface area contributed by atoms with Gasteiger partial charge in [-0.25, -0.2) is 0 Å². The van der Waals surface area contributed by atoms with Crippen LogP contribution in [-0.2, 0) is 0 Å². The van der Waals surface area contributed by atoms with E-state index in [2.05, 4.69) is 0 Å². The molecule has 1 heteroatoms. The molecule has 4 aliphatic rings. The van der Waals surface area contributed by atoms with Crippen LogP contribution < -0.4 is 0 Å². The van der Waals surface area contributed by atoms with Crippen molar-refractivity contribution < 1.29 is 5.11 Å². The predicted molar refractivity (Wildman–Crippen MR) is 57.0 cm³/mol. The molecule has 0 unspecified atom stereocenters. The second-order valence-electron chi connectivity index (χ2n) is 5.87. The van der Waals surface area contributed by atoms with Crippen LogP contribution in [0.5, 0.6) is 0 Å². The minimum Gasteiger partial charge on any atom is -0.512 e. The zero-order chi connectivity index (χ0) is 9.76. The molecule has 1 N–H and O–H groups in total. The molecule has 1 nitrogen and oxygen atoms in total. The zero-order valence-electron chi connectivity index (χ0n) is 9.00. The molecule has 0 heterocycles. The third-order valence-electron chi connectivity index (χ3n) is 4.86. The van der Waals surface area contributed by atoms with Gasteiger partial charge in [0.25, 0.3) is 0 Å². The SMILES string of the molecule is C/C=C(/O)C12CC3CC(CC(C3)C1)C2. The van der Waals surface area contributed by atoms with Gasteiger partial charge in [0.05, 0.1) is 5.76 Å². The highest BCUT2D eigenvalue weighted by Crippen LogP contribution is 2.62. The van der Waals surface area contributed by atoms with Gasteiger partial charge in [0.1, 0.15) is 0 Å². The van der Waals surface area contributed by atoms with E-state index < -0.39 is 0 Å². The Balaban J connectivity index is 1.94. The Kier molecular flexibility index (Phi) is 1.75. The van der Waals surface area contributed by atoms with E-state index in [0.717, 1.165) is 17.8 Å². The summed E-state index contributed by atoms with van der Waals surface area (Å²) in [6.07, 6.45) is 10.1. The first-order chi connectivity index (χ1) is 6.72. The Morgan fingerprint density at radius 3 is 1.86 bits per heavy atom. The van der Waals surface area contributed by atoms with Gasteiger partial charge in [-0.3, -0.25) is 0 Å². The molecule has 14 heavy (non-hydrogen) atoms. The molecule has 0 aromatic heterocycles. The molecule has 78 valence electrons. The van der Waals surface area contributed by atoms with Gasteiger partial charge in [-0.05, 0) is 69.3 Å². The fourth-order valence-corrected chi connectivity index (χ4v) is 4.73. The molecule has 0 aliphatic heterocycles. The Morgan fingerprint density at radius 2 is 1.50 bits per heavy atom. The highest BCUT2D eigenvalue weighted by molar-refractivity contribution is 5.14. The summed E-state index contributed by atoms with van der Waals surface area (Å²) < 4.78 is 0. The van der Waals surface area contributed by atoms with Crippen LogP contribution in [0.2, 0.25) is 0 Å². The Labute approximate surface area is 86.2 Å². The van der Waals surface area contributed by atoms with Gasteiger partial charge >= 0.3 is 0 Å². The average molecular weight is 192 g/mol. The summed E-state index contributed by atoms with van der Waals surface area (Å²) in [4.78, 5) is 0. The minimum absolute atomic E-state index is 0.226. The molecule has 0 spiro atoms. The second-order valence-corrected chi connectivity index (χ2v) is 5.87. The average Bonchev–Trinajstić information content (AvgIpc) is 2.14. The number of hydrogen-bond donors (Lipinski definition) is 1. The smallest absolute Gasteiger partial charge is 0.0941 e. The van der Waals surface area contributed by atoms with Gasteiger partial charge in [0.15, 0.2) is 0 Å². The minimum atomic E-state index is 0.226. The van der Waals surface area contributed by atoms with E-state index in [4.69, 9.17) is 0 Å². The highest BCUT2D eigenvalue weighted by atomic mass is 16.3. The van der Waals surface area contributed by atoms with Crippen molar-refractivity contribution in [2.75, 3.05) is 0 Å². The van der Waals surface area contributed by atoms with Crippen molar-refractivity contribution in [2.24, 2.45) is 23.2 Å². The van der Waals surface area contributed by atoms with Gasteiger partial charge in [0, 0.05) is 5.41 Å². The molecule has 4 fully saturated rings. The molecular formula is C13H20O. The van der Waals surface area contributed by atoms with Crippen molar-refractivity contribution >= 4 is 0 Å². The lowest BCUT2D eigenvalue weighted by atomic mass is 9.49. The van der Waals surface area contributed by atoms with E-state index in [1.165, 1.54) is 38.5 Å². The first-order valence-corrected chi connectivity index (χ1v) is 6.07. The third-order valence-corrected chi connectivity index (χ3v) is 4.86. The maximum atomic E-state index is 10.1. The van der Waals surface area contributed by atoms with Crippen LogP contribution in [0.4, 0.5) is 0 Å². The van der Waals surface area contributed by atoms with E-state index >= 15 is 0 Å². The lowest BCUT2D eigenvalue weighted by Crippen LogP contribution is -2.46. The molecule has 4 bridgehead atoms. The van der Waals surface area contributed by atoms with E-state index in [1.807, 2.05) is 13.0 Å². The fraction of sp³-hybridized carbons (Fsp3) is 0.846. The van der Waals surface area contributed by atoms with E-state index in [1.54, 1.807) is 0 Å². The van der Waals surface area contributed by atoms with Crippen molar-refractivity contribution in [3.05, 3.63) is 11.8 Å². The molecule has 0 atom stereocenters. The Morgan fingerprint density at radius 1 is 1.07 bits per heavy atom. The molecule has 4 rings (SSSR count). The summed E-state index contributed by atoms with van der Waals surface area (Å²) in [5, 5.41) is 10.1. The van der Waals surface area contributed by atoms with Crippen LogP contribution in [0.3, 0.4) is 0 Å². The zero-order valence-corrected chi connectivity index (χ0v) is 9.00. The van der Waals surface area contributed by atoms with E-state index in [-0.39, 0.29) is 5.41 Å². The molecule has 0 aromatic rings. The Hall–Kier alpha value is -0.460. The third kappa shape index (κ3) is 1.07. The summed E-state index contributed by atoms with van der Waals surface area (Å²) in [6.45, 7) is 1.98. The maximum absolute atomic E-state index is 10.1. The van der Waals surface area contributed by atoms with Crippen molar-refractivity contribution in [2.45, 2.75) is 45.4 Å². The van der Waals surface area contributed by atoms with Gasteiger partial charge < -0.3 is 5.11 Å². The Bertz CT molecular complexity index is 242. The number of aliphatic hydroxyl groups is 1. The van der Waals surface area contributed by atoms with Crippen molar-refractivity contribution in [1.29, 1.82) is 0 Å². The van der Waals surface area contributed by atoms with Crippen LogP contribution in [0.15, 0.2) is 11.8 Å². The molecule has 0 aromatic carbocycles. The standard InChI is InChI=1S/C13H20O/c1-2-12(14)13-6-9-3-10(7-13)5-11(4-9)8-13/h2,9-11,14H,3-8H2,1H3/b12-2+. The topological polar surface area (TPSA) is 20.2 Å². The first-order valence-electron chi connectivity index (χ1n) is 6.07. The molecule has 4 aliphatic carbocycles. The summed E-state index contributed by atoms with van der Waals surface area (Å²) in [5.74, 6) is 3.51. The normalized spacial score (nSPS) is 51.2. The predicted octanol–water partition coefficient (Wildman–Crippen LogP) is 3.66. The fourth-order valence-electron chi connectivity index (χ4n) is 4.73. The molecule has 0 saturated heterocycles. The van der Waals surface area contributed by atoms with Crippen LogP contribution in [-0.4, -0.2) is 5.11 Å². The first kappa shape index (κ1) is 8.82. The largest absolute Gasteiger partial charge is 0.512 e. The van der Waals surface area contributed by atoms with Gasteiger partial charge in [-0.2, -0.15) is 0 Å². The lowest BCUT2D eigenvalue weighted by Gasteiger charge is -2.56. The number of rotatable bonds is 1. The summed E-state index contributed by atoms with van der Waals surface area (Å²) in [6, 6.07) is 0. The van der Waals surface area contributed by atoms with E-state index in [0.29, 0.717) is 5.76 Å². The number of aliphatic hydroxyl groups excluding tert-OH is 1. The summed E-state index contributed by atoms with van der Waals surface area (Å²) in [7, 11) is 0. The molecule has 0 radical (unpaired) electrons. The summed E-state index contributed by atoms with van der Waals surface area (Å²) >= 11 is 0. The molecule has 4 saturated carbocycles. The van der Waals surface area contributed by atoms with Crippen LogP contribution in [0.1, 0.15) is 45.4 Å². The van der Waals surface area contributed by atoms with Crippen molar-refractivity contribution in [3.8, 4) is 0 Å². The van der Waals surface area contributed by atoms with Crippen molar-refractivity contribution in [1.82, 2.24) is 0 Å². The van der Waals surface area contributed by atoms with Crippen LogP contribution in [0, 0.1) is 23.2 Å². The highest BCUT2D eigenvalue weighted by Gasteiger charge is 2.52.